The van der Waals surface area contributed by atoms with Crippen molar-refractivity contribution in [3.05, 3.63) is 18.1 Å². The Balaban J connectivity index is 2.09. The van der Waals surface area contributed by atoms with Crippen LogP contribution in [-0.4, -0.2) is 28.4 Å². The van der Waals surface area contributed by atoms with Crippen LogP contribution in [0.3, 0.4) is 0 Å². The lowest BCUT2D eigenvalue weighted by Crippen LogP contribution is -2.36. The topological polar surface area (TPSA) is 29.0 Å². The second-order valence-corrected chi connectivity index (χ2v) is 4.92. The van der Waals surface area contributed by atoms with E-state index in [-0.39, 0.29) is 5.38 Å². The second-order valence-electron chi connectivity index (χ2n) is 4.30. The maximum absolute atomic E-state index is 6.18. The van der Waals surface area contributed by atoms with Crippen LogP contribution in [-0.2, 0) is 6.42 Å². The average Bonchev–Trinajstić information content (AvgIpc) is 2.30. The van der Waals surface area contributed by atoms with E-state index in [1.807, 2.05) is 0 Å². The van der Waals surface area contributed by atoms with Gasteiger partial charge in [-0.3, -0.25) is 0 Å². The zero-order chi connectivity index (χ0) is 11.4. The number of aromatic nitrogens is 2. The highest BCUT2D eigenvalue weighted by atomic mass is 35.5. The van der Waals surface area contributed by atoms with Crippen molar-refractivity contribution in [3.63, 3.8) is 0 Å². The quantitative estimate of drug-likeness (QED) is 0.760. The van der Waals surface area contributed by atoms with Gasteiger partial charge in [0.1, 0.15) is 12.1 Å². The predicted octanol–water partition coefficient (Wildman–Crippen LogP) is 2.64. The maximum Gasteiger partial charge on any atom is 0.132 e. The molecule has 1 atom stereocenters. The molecule has 1 unspecified atom stereocenters. The van der Waals surface area contributed by atoms with Crippen molar-refractivity contribution in [2.45, 2.75) is 38.0 Å². The van der Waals surface area contributed by atoms with E-state index in [0.717, 1.165) is 50.3 Å². The molecular weight excluding hydrogens is 222 g/mol. The van der Waals surface area contributed by atoms with Crippen LogP contribution < -0.4 is 4.90 Å². The van der Waals surface area contributed by atoms with Gasteiger partial charge in [0, 0.05) is 24.8 Å². The van der Waals surface area contributed by atoms with Crippen molar-refractivity contribution in [3.8, 4) is 0 Å². The van der Waals surface area contributed by atoms with Gasteiger partial charge in [-0.1, -0.05) is 13.3 Å². The summed E-state index contributed by atoms with van der Waals surface area (Å²) < 4.78 is 0. The Bertz CT molecular complexity index is 343. The molecular formula is C12H18ClN3. The standard InChI is InChI=1S/C12H18ClN3/c1-2-4-11-7-12(15-9-14-11)16-6-3-5-10(13)8-16/h7,9-10H,2-6,8H2,1H3. The Morgan fingerprint density at radius 1 is 1.50 bits per heavy atom. The number of halogens is 1. The monoisotopic (exact) mass is 239 g/mol. The van der Waals surface area contributed by atoms with Gasteiger partial charge in [0.2, 0.25) is 0 Å². The first-order valence-electron chi connectivity index (χ1n) is 5.99. The molecule has 0 saturated carbocycles. The minimum atomic E-state index is 0.262. The summed E-state index contributed by atoms with van der Waals surface area (Å²) >= 11 is 6.18. The van der Waals surface area contributed by atoms with Gasteiger partial charge in [-0.2, -0.15) is 0 Å². The number of piperidine rings is 1. The van der Waals surface area contributed by atoms with Gasteiger partial charge in [-0.15, -0.1) is 11.6 Å². The fourth-order valence-electron chi connectivity index (χ4n) is 2.08. The van der Waals surface area contributed by atoms with Gasteiger partial charge in [0.15, 0.2) is 0 Å². The van der Waals surface area contributed by atoms with Crippen LogP contribution in [0.1, 0.15) is 31.9 Å². The van der Waals surface area contributed by atoms with Gasteiger partial charge in [-0.25, -0.2) is 9.97 Å². The SMILES string of the molecule is CCCc1cc(N2CCCC(Cl)C2)ncn1. The highest BCUT2D eigenvalue weighted by Gasteiger charge is 2.19. The third-order valence-corrected chi connectivity index (χ3v) is 3.26. The molecule has 0 aliphatic carbocycles. The van der Waals surface area contributed by atoms with E-state index >= 15 is 0 Å². The van der Waals surface area contributed by atoms with Gasteiger partial charge in [0.25, 0.3) is 0 Å². The van der Waals surface area contributed by atoms with E-state index in [9.17, 15) is 0 Å². The second kappa shape index (κ2) is 5.48. The summed E-state index contributed by atoms with van der Waals surface area (Å²) in [5.74, 6) is 1.03. The zero-order valence-corrected chi connectivity index (χ0v) is 10.5. The summed E-state index contributed by atoms with van der Waals surface area (Å²) in [6, 6.07) is 2.10. The van der Waals surface area contributed by atoms with Crippen LogP contribution in [0.5, 0.6) is 0 Å². The van der Waals surface area contributed by atoms with Gasteiger partial charge < -0.3 is 4.90 Å². The summed E-state index contributed by atoms with van der Waals surface area (Å²) in [6.45, 7) is 4.13. The first-order chi connectivity index (χ1) is 7.79. The molecule has 2 rings (SSSR count). The van der Waals surface area contributed by atoms with Crippen molar-refractivity contribution >= 4 is 17.4 Å². The molecule has 0 bridgehead atoms. The van der Waals surface area contributed by atoms with Gasteiger partial charge in [0.05, 0.1) is 5.38 Å². The van der Waals surface area contributed by atoms with E-state index in [0.29, 0.717) is 0 Å². The number of rotatable bonds is 3. The van der Waals surface area contributed by atoms with E-state index in [2.05, 4.69) is 27.9 Å². The maximum atomic E-state index is 6.18. The summed E-state index contributed by atoms with van der Waals surface area (Å²) in [5, 5.41) is 0.262. The van der Waals surface area contributed by atoms with Crippen LogP contribution in [0.25, 0.3) is 0 Å². The molecule has 0 aromatic carbocycles. The third-order valence-electron chi connectivity index (χ3n) is 2.90. The molecule has 3 nitrogen and oxygen atoms in total. The molecule has 16 heavy (non-hydrogen) atoms. The van der Waals surface area contributed by atoms with E-state index < -0.39 is 0 Å². The van der Waals surface area contributed by atoms with Crippen LogP contribution in [0.4, 0.5) is 5.82 Å². The summed E-state index contributed by atoms with van der Waals surface area (Å²) in [7, 11) is 0. The normalized spacial score (nSPS) is 21.1. The predicted molar refractivity (Wildman–Crippen MR) is 67.1 cm³/mol. The molecule has 1 aromatic heterocycles. The lowest BCUT2D eigenvalue weighted by Gasteiger charge is -2.30. The molecule has 0 radical (unpaired) electrons. The molecule has 1 fully saturated rings. The van der Waals surface area contributed by atoms with Crippen molar-refractivity contribution in [1.29, 1.82) is 0 Å². The highest BCUT2D eigenvalue weighted by Crippen LogP contribution is 2.20. The van der Waals surface area contributed by atoms with E-state index in [1.54, 1.807) is 6.33 Å². The number of alkyl halides is 1. The Morgan fingerprint density at radius 2 is 2.38 bits per heavy atom. The van der Waals surface area contributed by atoms with Crippen molar-refractivity contribution in [2.24, 2.45) is 0 Å². The lowest BCUT2D eigenvalue weighted by molar-refractivity contribution is 0.579. The largest absolute Gasteiger partial charge is 0.355 e. The molecule has 1 aromatic rings. The van der Waals surface area contributed by atoms with Crippen LogP contribution in [0.15, 0.2) is 12.4 Å². The first kappa shape index (κ1) is 11.6. The van der Waals surface area contributed by atoms with Crippen LogP contribution in [0, 0.1) is 0 Å². The van der Waals surface area contributed by atoms with Crippen LogP contribution >= 0.6 is 11.6 Å². The Hall–Kier alpha value is -0.830. The number of hydrogen-bond acceptors (Lipinski definition) is 3. The van der Waals surface area contributed by atoms with Gasteiger partial charge in [-0.05, 0) is 19.3 Å². The number of anilines is 1. The molecule has 0 spiro atoms. The van der Waals surface area contributed by atoms with Crippen molar-refractivity contribution in [1.82, 2.24) is 9.97 Å². The smallest absolute Gasteiger partial charge is 0.132 e. The van der Waals surface area contributed by atoms with Crippen molar-refractivity contribution < 1.29 is 0 Å². The Kier molecular flexibility index (Phi) is 3.99. The van der Waals surface area contributed by atoms with E-state index in [1.165, 1.54) is 0 Å². The Labute approximate surface area is 102 Å². The minimum Gasteiger partial charge on any atom is -0.355 e. The highest BCUT2D eigenvalue weighted by molar-refractivity contribution is 6.21. The molecule has 2 heterocycles. The zero-order valence-electron chi connectivity index (χ0n) is 9.69. The molecule has 1 aliphatic heterocycles. The van der Waals surface area contributed by atoms with Gasteiger partial charge >= 0.3 is 0 Å². The third kappa shape index (κ3) is 2.85. The number of aryl methyl sites for hydroxylation is 1. The average molecular weight is 240 g/mol. The molecule has 1 aliphatic rings. The summed E-state index contributed by atoms with van der Waals surface area (Å²) in [5.41, 5.74) is 1.13. The molecule has 4 heteroatoms. The molecule has 88 valence electrons. The fraction of sp³-hybridized carbons (Fsp3) is 0.667. The van der Waals surface area contributed by atoms with Crippen molar-refractivity contribution in [2.75, 3.05) is 18.0 Å². The minimum absolute atomic E-state index is 0.262. The van der Waals surface area contributed by atoms with E-state index in [4.69, 9.17) is 11.6 Å². The summed E-state index contributed by atoms with van der Waals surface area (Å²) in [6.07, 6.45) is 6.08. The van der Waals surface area contributed by atoms with Crippen LogP contribution in [0.2, 0.25) is 0 Å². The lowest BCUT2D eigenvalue weighted by atomic mass is 10.1. The molecule has 0 N–H and O–H groups in total. The molecule has 0 amide bonds. The molecule has 1 saturated heterocycles. The fourth-order valence-corrected chi connectivity index (χ4v) is 2.41. The first-order valence-corrected chi connectivity index (χ1v) is 6.43. The number of hydrogen-bond donors (Lipinski definition) is 0. The number of nitrogens with zero attached hydrogens (tertiary/aromatic N) is 3. The summed E-state index contributed by atoms with van der Waals surface area (Å²) in [4.78, 5) is 10.9. The Morgan fingerprint density at radius 3 is 3.12 bits per heavy atom.